The zero-order valence-corrected chi connectivity index (χ0v) is 13.8. The molecule has 10 nitrogen and oxygen atoms in total. The van der Waals surface area contributed by atoms with Crippen LogP contribution in [0.2, 0.25) is 0 Å². The van der Waals surface area contributed by atoms with Crippen molar-refractivity contribution < 1.29 is 19.3 Å². The lowest BCUT2D eigenvalue weighted by atomic mass is 10.2. The quantitative estimate of drug-likeness (QED) is 0.298. The highest BCUT2D eigenvalue weighted by atomic mass is 16.6. The van der Waals surface area contributed by atoms with E-state index >= 15 is 0 Å². The van der Waals surface area contributed by atoms with Crippen molar-refractivity contribution in [3.05, 3.63) is 56.6 Å². The SMILES string of the molecule is Nc1cccc(OCCCCOc2cccc(N)c2[N+](=O)[O-])c1[N+](=O)[O-]. The molecular formula is C16H18N4O6. The van der Waals surface area contributed by atoms with Crippen molar-refractivity contribution in [2.75, 3.05) is 24.7 Å². The van der Waals surface area contributed by atoms with Crippen molar-refractivity contribution in [3.63, 3.8) is 0 Å². The summed E-state index contributed by atoms with van der Waals surface area (Å²) in [6.45, 7) is 0.430. The Morgan fingerprint density at radius 3 is 1.50 bits per heavy atom. The van der Waals surface area contributed by atoms with Gasteiger partial charge in [-0.2, -0.15) is 0 Å². The number of nitrogens with two attached hydrogens (primary N) is 2. The van der Waals surface area contributed by atoms with E-state index in [1.807, 2.05) is 0 Å². The van der Waals surface area contributed by atoms with Crippen LogP contribution in [0.5, 0.6) is 11.5 Å². The Kier molecular flexibility index (Phi) is 6.15. The number of unbranched alkanes of at least 4 members (excludes halogenated alkanes) is 1. The lowest BCUT2D eigenvalue weighted by molar-refractivity contribution is -0.385. The van der Waals surface area contributed by atoms with Crippen LogP contribution in [-0.4, -0.2) is 23.1 Å². The maximum Gasteiger partial charge on any atom is 0.333 e. The van der Waals surface area contributed by atoms with Crippen LogP contribution >= 0.6 is 0 Å². The van der Waals surface area contributed by atoms with Crippen LogP contribution in [0.3, 0.4) is 0 Å². The Balaban J connectivity index is 1.83. The van der Waals surface area contributed by atoms with Crippen molar-refractivity contribution in [1.29, 1.82) is 0 Å². The first-order valence-electron chi connectivity index (χ1n) is 7.73. The first-order valence-corrected chi connectivity index (χ1v) is 7.73. The molecule has 0 amide bonds. The summed E-state index contributed by atoms with van der Waals surface area (Å²) in [5.41, 5.74) is 10.7. The van der Waals surface area contributed by atoms with E-state index in [9.17, 15) is 20.2 Å². The molecule has 2 aromatic carbocycles. The fraction of sp³-hybridized carbons (Fsp3) is 0.250. The van der Waals surface area contributed by atoms with Gasteiger partial charge in [0.05, 0.1) is 23.1 Å². The summed E-state index contributed by atoms with van der Waals surface area (Å²) >= 11 is 0. The number of nitrogen functional groups attached to an aromatic ring is 2. The first kappa shape index (κ1) is 18.8. The van der Waals surface area contributed by atoms with Gasteiger partial charge in [-0.25, -0.2) is 0 Å². The van der Waals surface area contributed by atoms with E-state index in [2.05, 4.69) is 0 Å². The van der Waals surface area contributed by atoms with Crippen molar-refractivity contribution >= 4 is 22.7 Å². The lowest BCUT2D eigenvalue weighted by Crippen LogP contribution is -2.06. The van der Waals surface area contributed by atoms with Crippen molar-refractivity contribution in [2.45, 2.75) is 12.8 Å². The van der Waals surface area contributed by atoms with Crippen LogP contribution in [0.25, 0.3) is 0 Å². The molecule has 0 unspecified atom stereocenters. The first-order chi connectivity index (χ1) is 12.4. The minimum atomic E-state index is -0.591. The van der Waals surface area contributed by atoms with Crippen LogP contribution in [0.1, 0.15) is 12.8 Å². The Bertz CT molecular complexity index is 744. The molecule has 4 N–H and O–H groups in total. The monoisotopic (exact) mass is 362 g/mol. The molecule has 0 aliphatic rings. The minimum absolute atomic E-state index is 0.0322. The molecule has 0 radical (unpaired) electrons. The molecule has 0 atom stereocenters. The molecule has 0 spiro atoms. The number of rotatable bonds is 9. The normalized spacial score (nSPS) is 10.3. The second-order valence-electron chi connectivity index (χ2n) is 5.31. The third-order valence-corrected chi connectivity index (χ3v) is 3.48. The average Bonchev–Trinajstić information content (AvgIpc) is 2.57. The third kappa shape index (κ3) is 4.50. The number of hydrogen-bond acceptors (Lipinski definition) is 8. The van der Waals surface area contributed by atoms with Gasteiger partial charge in [0.25, 0.3) is 0 Å². The van der Waals surface area contributed by atoms with Gasteiger partial charge in [0.1, 0.15) is 11.4 Å². The molecule has 26 heavy (non-hydrogen) atoms. The fourth-order valence-corrected chi connectivity index (χ4v) is 2.27. The predicted octanol–water partition coefficient (Wildman–Crippen LogP) is 2.91. The molecule has 2 rings (SSSR count). The van der Waals surface area contributed by atoms with E-state index in [0.717, 1.165) is 0 Å². The number of ether oxygens (including phenoxy) is 2. The zero-order chi connectivity index (χ0) is 19.1. The molecule has 0 bridgehead atoms. The van der Waals surface area contributed by atoms with Gasteiger partial charge in [0.15, 0.2) is 11.5 Å². The highest BCUT2D eigenvalue weighted by molar-refractivity contribution is 5.66. The van der Waals surface area contributed by atoms with Crippen LogP contribution in [-0.2, 0) is 0 Å². The zero-order valence-electron chi connectivity index (χ0n) is 13.8. The van der Waals surface area contributed by atoms with Crippen LogP contribution < -0.4 is 20.9 Å². The molecule has 0 saturated carbocycles. The van der Waals surface area contributed by atoms with Gasteiger partial charge in [0.2, 0.25) is 0 Å². The number of nitrogens with zero attached hydrogens (tertiary/aromatic N) is 2. The topological polar surface area (TPSA) is 157 Å². The average molecular weight is 362 g/mol. The molecule has 0 fully saturated rings. The van der Waals surface area contributed by atoms with E-state index in [4.69, 9.17) is 20.9 Å². The predicted molar refractivity (Wildman–Crippen MR) is 95.2 cm³/mol. The van der Waals surface area contributed by atoms with Gasteiger partial charge in [-0.15, -0.1) is 0 Å². The molecule has 2 aromatic rings. The molecule has 0 aliphatic heterocycles. The second kappa shape index (κ2) is 8.51. The van der Waals surface area contributed by atoms with Crippen molar-refractivity contribution in [3.8, 4) is 11.5 Å². The number of hydrogen-bond donors (Lipinski definition) is 2. The number of nitro benzene ring substituents is 2. The van der Waals surface area contributed by atoms with Crippen LogP contribution in [0.15, 0.2) is 36.4 Å². The summed E-state index contributed by atoms with van der Waals surface area (Å²) in [4.78, 5) is 20.8. The van der Waals surface area contributed by atoms with E-state index in [-0.39, 0.29) is 47.5 Å². The van der Waals surface area contributed by atoms with E-state index in [1.54, 1.807) is 12.1 Å². The number of anilines is 2. The fourth-order valence-electron chi connectivity index (χ4n) is 2.27. The highest BCUT2D eigenvalue weighted by Gasteiger charge is 2.20. The summed E-state index contributed by atoms with van der Waals surface area (Å²) in [5.74, 6) is 0.199. The highest BCUT2D eigenvalue weighted by Crippen LogP contribution is 2.33. The van der Waals surface area contributed by atoms with Crippen molar-refractivity contribution in [2.24, 2.45) is 0 Å². The molecule has 0 aliphatic carbocycles. The molecule has 0 saturated heterocycles. The van der Waals surface area contributed by atoms with E-state index < -0.39 is 9.85 Å². The lowest BCUT2D eigenvalue weighted by Gasteiger charge is -2.09. The van der Waals surface area contributed by atoms with Crippen molar-refractivity contribution in [1.82, 2.24) is 0 Å². The Labute approximate surface area is 148 Å². The number of nitro groups is 2. The van der Waals surface area contributed by atoms with Gasteiger partial charge >= 0.3 is 11.4 Å². The summed E-state index contributed by atoms with van der Waals surface area (Å²) in [5, 5.41) is 22.0. The maximum absolute atomic E-state index is 11.0. The van der Waals surface area contributed by atoms with E-state index in [1.165, 1.54) is 24.3 Å². The molecule has 0 heterocycles. The molecule has 138 valence electrons. The van der Waals surface area contributed by atoms with E-state index in [0.29, 0.717) is 12.8 Å². The van der Waals surface area contributed by atoms with Crippen LogP contribution in [0, 0.1) is 20.2 Å². The van der Waals surface area contributed by atoms with Gasteiger partial charge in [-0.3, -0.25) is 20.2 Å². The summed E-state index contributed by atoms with van der Waals surface area (Å²) in [6, 6.07) is 8.94. The van der Waals surface area contributed by atoms with Gasteiger partial charge < -0.3 is 20.9 Å². The standard InChI is InChI=1S/C16H18N4O6/c17-11-5-3-7-13(15(11)19(21)22)25-9-1-2-10-26-14-8-4-6-12(18)16(14)20(23)24/h3-8H,1-2,9-10,17-18H2. The van der Waals surface area contributed by atoms with Crippen LogP contribution in [0.4, 0.5) is 22.7 Å². The second-order valence-corrected chi connectivity index (χ2v) is 5.31. The Hall–Kier alpha value is -3.56. The number of para-hydroxylation sites is 2. The third-order valence-electron chi connectivity index (χ3n) is 3.48. The maximum atomic E-state index is 11.0. The summed E-state index contributed by atoms with van der Waals surface area (Å²) in [6.07, 6.45) is 1.06. The number of benzene rings is 2. The minimum Gasteiger partial charge on any atom is -0.487 e. The van der Waals surface area contributed by atoms with Gasteiger partial charge in [0, 0.05) is 0 Å². The van der Waals surface area contributed by atoms with Gasteiger partial charge in [-0.05, 0) is 37.1 Å². The largest absolute Gasteiger partial charge is 0.487 e. The Morgan fingerprint density at radius 1 is 0.769 bits per heavy atom. The van der Waals surface area contributed by atoms with Gasteiger partial charge in [-0.1, -0.05) is 12.1 Å². The Morgan fingerprint density at radius 2 is 1.15 bits per heavy atom. The smallest absolute Gasteiger partial charge is 0.333 e. The molecule has 0 aromatic heterocycles. The molecular weight excluding hydrogens is 344 g/mol. The summed E-state index contributed by atoms with van der Waals surface area (Å²) < 4.78 is 10.8. The summed E-state index contributed by atoms with van der Waals surface area (Å²) in [7, 11) is 0. The molecule has 10 heteroatoms.